The lowest BCUT2D eigenvalue weighted by atomic mass is 10.1. The predicted octanol–water partition coefficient (Wildman–Crippen LogP) is 1.50. The standard InChI is InChI=1S/C14H17N3O2/c18-13-10-12(16-14(19)17-13)15-9-5-4-8-11-6-2-1-3-7-11/h1-3,6-7,10H,4-5,8-9H2,(H3,15,16,17,18,19). The van der Waals surface area contributed by atoms with Crippen LogP contribution in [0.3, 0.4) is 0 Å². The number of anilines is 1. The SMILES string of the molecule is O=c1cc(NCCCCc2ccccc2)[nH]c(=O)[nH]1. The Labute approximate surface area is 110 Å². The molecule has 2 rings (SSSR count). The van der Waals surface area contributed by atoms with E-state index in [0.29, 0.717) is 5.82 Å². The Morgan fingerprint density at radius 1 is 1.00 bits per heavy atom. The maximum absolute atomic E-state index is 11.1. The quantitative estimate of drug-likeness (QED) is 0.688. The minimum Gasteiger partial charge on any atom is -0.371 e. The Bertz CT molecular complexity index is 588. The zero-order chi connectivity index (χ0) is 13.5. The summed E-state index contributed by atoms with van der Waals surface area (Å²) in [4.78, 5) is 26.8. The zero-order valence-electron chi connectivity index (χ0n) is 10.6. The first-order chi connectivity index (χ1) is 9.24. The highest BCUT2D eigenvalue weighted by atomic mass is 16.2. The lowest BCUT2D eigenvalue weighted by Gasteiger charge is -2.05. The van der Waals surface area contributed by atoms with Crippen molar-refractivity contribution in [3.8, 4) is 0 Å². The molecule has 0 unspecified atom stereocenters. The van der Waals surface area contributed by atoms with Crippen molar-refractivity contribution in [3.05, 3.63) is 62.8 Å². The van der Waals surface area contributed by atoms with Crippen molar-refractivity contribution in [1.29, 1.82) is 0 Å². The van der Waals surface area contributed by atoms with E-state index >= 15 is 0 Å². The number of hydrogen-bond donors (Lipinski definition) is 3. The van der Waals surface area contributed by atoms with E-state index in [1.807, 2.05) is 18.2 Å². The second kappa shape index (κ2) is 6.58. The van der Waals surface area contributed by atoms with Gasteiger partial charge < -0.3 is 5.32 Å². The Morgan fingerprint density at radius 3 is 2.53 bits per heavy atom. The second-order valence-electron chi connectivity index (χ2n) is 4.37. The third kappa shape index (κ3) is 4.46. The lowest BCUT2D eigenvalue weighted by molar-refractivity contribution is 0.760. The Balaban J connectivity index is 1.72. The van der Waals surface area contributed by atoms with E-state index in [4.69, 9.17) is 0 Å². The first kappa shape index (κ1) is 13.1. The molecule has 2 aromatic rings. The zero-order valence-corrected chi connectivity index (χ0v) is 10.6. The summed E-state index contributed by atoms with van der Waals surface area (Å²) < 4.78 is 0. The van der Waals surface area contributed by atoms with Gasteiger partial charge in [0.25, 0.3) is 5.56 Å². The number of rotatable bonds is 6. The number of aromatic amines is 2. The summed E-state index contributed by atoms with van der Waals surface area (Å²) >= 11 is 0. The summed E-state index contributed by atoms with van der Waals surface area (Å²) in [6.45, 7) is 0.728. The van der Waals surface area contributed by atoms with Crippen molar-refractivity contribution in [2.45, 2.75) is 19.3 Å². The van der Waals surface area contributed by atoms with Gasteiger partial charge in [-0.3, -0.25) is 14.8 Å². The first-order valence-corrected chi connectivity index (χ1v) is 6.35. The number of aryl methyl sites for hydroxylation is 1. The van der Waals surface area contributed by atoms with Crippen LogP contribution in [0.15, 0.2) is 46.0 Å². The number of benzene rings is 1. The fraction of sp³-hybridized carbons (Fsp3) is 0.286. The van der Waals surface area contributed by atoms with Crippen LogP contribution in [0.25, 0.3) is 0 Å². The van der Waals surface area contributed by atoms with E-state index in [2.05, 4.69) is 27.4 Å². The molecular formula is C14H17N3O2. The van der Waals surface area contributed by atoms with Crippen LogP contribution in [-0.4, -0.2) is 16.5 Å². The van der Waals surface area contributed by atoms with E-state index in [9.17, 15) is 9.59 Å². The molecule has 5 nitrogen and oxygen atoms in total. The van der Waals surface area contributed by atoms with Crippen LogP contribution in [0.5, 0.6) is 0 Å². The molecule has 0 fully saturated rings. The number of unbranched alkanes of at least 4 members (excludes halogenated alkanes) is 1. The van der Waals surface area contributed by atoms with Crippen molar-refractivity contribution < 1.29 is 0 Å². The van der Waals surface area contributed by atoms with Gasteiger partial charge in [-0.05, 0) is 24.8 Å². The number of hydrogen-bond acceptors (Lipinski definition) is 3. The van der Waals surface area contributed by atoms with Crippen molar-refractivity contribution in [1.82, 2.24) is 9.97 Å². The largest absolute Gasteiger partial charge is 0.371 e. The average molecular weight is 259 g/mol. The van der Waals surface area contributed by atoms with Gasteiger partial charge >= 0.3 is 5.69 Å². The Kier molecular flexibility index (Phi) is 4.55. The van der Waals surface area contributed by atoms with E-state index in [1.54, 1.807) is 0 Å². The smallest absolute Gasteiger partial charge is 0.327 e. The molecule has 1 heterocycles. The van der Waals surface area contributed by atoms with Gasteiger partial charge in [0.2, 0.25) is 0 Å². The summed E-state index contributed by atoms with van der Waals surface area (Å²) in [6.07, 6.45) is 3.07. The molecule has 1 aromatic carbocycles. The van der Waals surface area contributed by atoms with Crippen LogP contribution in [-0.2, 0) is 6.42 Å². The van der Waals surface area contributed by atoms with E-state index in [-0.39, 0.29) is 0 Å². The van der Waals surface area contributed by atoms with E-state index in [0.717, 1.165) is 25.8 Å². The number of nitrogens with one attached hydrogen (secondary N) is 3. The molecular weight excluding hydrogens is 242 g/mol. The maximum Gasteiger partial charge on any atom is 0.327 e. The molecule has 0 spiro atoms. The summed E-state index contributed by atoms with van der Waals surface area (Å²) in [5.74, 6) is 0.466. The second-order valence-corrected chi connectivity index (χ2v) is 4.37. The fourth-order valence-corrected chi connectivity index (χ4v) is 1.89. The third-order valence-electron chi connectivity index (χ3n) is 2.81. The molecule has 0 aliphatic carbocycles. The van der Waals surface area contributed by atoms with Crippen molar-refractivity contribution >= 4 is 5.82 Å². The predicted molar refractivity (Wildman–Crippen MR) is 75.6 cm³/mol. The molecule has 0 aliphatic heterocycles. The van der Waals surface area contributed by atoms with Gasteiger partial charge in [-0.1, -0.05) is 30.3 Å². The molecule has 0 bridgehead atoms. The molecule has 0 saturated heterocycles. The van der Waals surface area contributed by atoms with Crippen LogP contribution >= 0.6 is 0 Å². The van der Waals surface area contributed by atoms with Gasteiger partial charge in [-0.25, -0.2) is 4.79 Å². The van der Waals surface area contributed by atoms with Gasteiger partial charge in [0.1, 0.15) is 5.82 Å². The normalized spacial score (nSPS) is 10.3. The molecule has 19 heavy (non-hydrogen) atoms. The van der Waals surface area contributed by atoms with Gasteiger partial charge in [-0.2, -0.15) is 0 Å². The first-order valence-electron chi connectivity index (χ1n) is 6.35. The van der Waals surface area contributed by atoms with E-state index < -0.39 is 11.2 Å². The summed E-state index contributed by atoms with van der Waals surface area (Å²) in [6, 6.07) is 11.7. The van der Waals surface area contributed by atoms with Gasteiger partial charge in [0, 0.05) is 12.6 Å². The van der Waals surface area contributed by atoms with Gasteiger partial charge in [-0.15, -0.1) is 0 Å². The van der Waals surface area contributed by atoms with Crippen molar-refractivity contribution in [2.75, 3.05) is 11.9 Å². The van der Waals surface area contributed by atoms with Crippen molar-refractivity contribution in [3.63, 3.8) is 0 Å². The highest BCUT2D eigenvalue weighted by molar-refractivity contribution is 5.31. The molecule has 0 saturated carbocycles. The summed E-state index contributed by atoms with van der Waals surface area (Å²) in [7, 11) is 0. The van der Waals surface area contributed by atoms with E-state index in [1.165, 1.54) is 11.6 Å². The average Bonchev–Trinajstić information content (AvgIpc) is 2.38. The van der Waals surface area contributed by atoms with Crippen LogP contribution in [0.2, 0.25) is 0 Å². The molecule has 0 atom stereocenters. The summed E-state index contributed by atoms with van der Waals surface area (Å²) in [5.41, 5.74) is 0.446. The number of H-pyrrole nitrogens is 2. The molecule has 5 heteroatoms. The maximum atomic E-state index is 11.1. The molecule has 0 amide bonds. The summed E-state index contributed by atoms with van der Waals surface area (Å²) in [5, 5.41) is 3.04. The monoisotopic (exact) mass is 259 g/mol. The highest BCUT2D eigenvalue weighted by Gasteiger charge is 1.96. The molecule has 1 aromatic heterocycles. The highest BCUT2D eigenvalue weighted by Crippen LogP contribution is 2.04. The number of aromatic nitrogens is 2. The molecule has 100 valence electrons. The molecule has 0 radical (unpaired) electrons. The topological polar surface area (TPSA) is 77.8 Å². The van der Waals surface area contributed by atoms with Gasteiger partial charge in [0.05, 0.1) is 0 Å². The van der Waals surface area contributed by atoms with Gasteiger partial charge in [0.15, 0.2) is 0 Å². The van der Waals surface area contributed by atoms with Crippen molar-refractivity contribution in [2.24, 2.45) is 0 Å². The minimum absolute atomic E-state index is 0.393. The lowest BCUT2D eigenvalue weighted by Crippen LogP contribution is -2.23. The van der Waals surface area contributed by atoms with Crippen LogP contribution in [0.1, 0.15) is 18.4 Å². The third-order valence-corrected chi connectivity index (χ3v) is 2.81. The Morgan fingerprint density at radius 2 is 1.79 bits per heavy atom. The van der Waals surface area contributed by atoms with Crippen LogP contribution in [0, 0.1) is 0 Å². The molecule has 3 N–H and O–H groups in total. The Hall–Kier alpha value is -2.30. The molecule has 0 aliphatic rings. The van der Waals surface area contributed by atoms with Crippen LogP contribution in [0.4, 0.5) is 5.82 Å². The van der Waals surface area contributed by atoms with Crippen LogP contribution < -0.4 is 16.6 Å². The minimum atomic E-state index is -0.487. The fourth-order valence-electron chi connectivity index (χ4n) is 1.89.